The first kappa shape index (κ1) is 23.1. The quantitative estimate of drug-likeness (QED) is 0.370. The molecule has 1 N–H and O–H groups in total. The SMILES string of the molecule is COc1ccc(C(=O)Nc2cnn(Cc3cccc(C)c3)c2)cc1COc1cc(C)ccc1C. The summed E-state index contributed by atoms with van der Waals surface area (Å²) >= 11 is 0. The lowest BCUT2D eigenvalue weighted by atomic mass is 10.1. The average molecular weight is 456 g/mol. The van der Waals surface area contributed by atoms with Gasteiger partial charge in [-0.3, -0.25) is 9.48 Å². The molecule has 0 fully saturated rings. The van der Waals surface area contributed by atoms with Crippen LogP contribution in [0.5, 0.6) is 11.5 Å². The minimum absolute atomic E-state index is 0.217. The maximum Gasteiger partial charge on any atom is 0.255 e. The smallest absolute Gasteiger partial charge is 0.255 e. The van der Waals surface area contributed by atoms with Crippen molar-refractivity contribution in [3.8, 4) is 11.5 Å². The zero-order valence-electron chi connectivity index (χ0n) is 20.0. The fraction of sp³-hybridized carbons (Fsp3) is 0.214. The van der Waals surface area contributed by atoms with E-state index >= 15 is 0 Å². The van der Waals surface area contributed by atoms with Crippen molar-refractivity contribution >= 4 is 11.6 Å². The molecule has 0 bridgehead atoms. The molecular formula is C28H29N3O3. The van der Waals surface area contributed by atoms with Crippen LogP contribution in [0.3, 0.4) is 0 Å². The molecule has 0 saturated carbocycles. The van der Waals surface area contributed by atoms with Crippen LogP contribution in [0, 0.1) is 20.8 Å². The maximum atomic E-state index is 12.9. The van der Waals surface area contributed by atoms with Gasteiger partial charge in [0, 0.05) is 17.3 Å². The van der Waals surface area contributed by atoms with Gasteiger partial charge in [0.15, 0.2) is 0 Å². The molecule has 3 aromatic carbocycles. The zero-order chi connectivity index (χ0) is 24.1. The molecule has 4 aromatic rings. The second-order valence-electron chi connectivity index (χ2n) is 8.45. The summed E-state index contributed by atoms with van der Waals surface area (Å²) < 4.78 is 13.3. The topological polar surface area (TPSA) is 65.4 Å². The number of ether oxygens (including phenoxy) is 2. The molecule has 1 aromatic heterocycles. The monoisotopic (exact) mass is 455 g/mol. The normalized spacial score (nSPS) is 10.7. The Balaban J connectivity index is 1.45. The number of aromatic nitrogens is 2. The molecule has 0 aliphatic rings. The van der Waals surface area contributed by atoms with E-state index in [0.717, 1.165) is 28.0 Å². The molecule has 0 unspecified atom stereocenters. The third kappa shape index (κ3) is 5.64. The van der Waals surface area contributed by atoms with Gasteiger partial charge < -0.3 is 14.8 Å². The number of hydrogen-bond donors (Lipinski definition) is 1. The van der Waals surface area contributed by atoms with E-state index in [2.05, 4.69) is 41.6 Å². The molecule has 34 heavy (non-hydrogen) atoms. The fourth-order valence-corrected chi connectivity index (χ4v) is 3.77. The van der Waals surface area contributed by atoms with Crippen molar-refractivity contribution in [2.75, 3.05) is 12.4 Å². The average Bonchev–Trinajstić information content (AvgIpc) is 3.26. The number of aryl methyl sites for hydroxylation is 3. The molecule has 4 rings (SSSR count). The molecule has 1 amide bonds. The lowest BCUT2D eigenvalue weighted by Crippen LogP contribution is -2.12. The number of methoxy groups -OCH3 is 1. The number of amides is 1. The van der Waals surface area contributed by atoms with Gasteiger partial charge in [-0.15, -0.1) is 0 Å². The Hall–Kier alpha value is -4.06. The first-order chi connectivity index (χ1) is 16.4. The van der Waals surface area contributed by atoms with Gasteiger partial charge in [-0.1, -0.05) is 42.0 Å². The van der Waals surface area contributed by atoms with Crippen molar-refractivity contribution in [2.45, 2.75) is 33.9 Å². The van der Waals surface area contributed by atoms with Crippen LogP contribution in [0.4, 0.5) is 5.69 Å². The number of nitrogens with zero attached hydrogens (tertiary/aromatic N) is 2. The Morgan fingerprint density at radius 2 is 1.79 bits per heavy atom. The van der Waals surface area contributed by atoms with Crippen molar-refractivity contribution in [1.82, 2.24) is 9.78 Å². The van der Waals surface area contributed by atoms with E-state index in [1.54, 1.807) is 31.5 Å². The number of carbonyl (C=O) groups is 1. The standard InChI is InChI=1S/C28H29N3O3/c1-19-6-5-7-22(12-19)16-31-17-25(15-29-31)30-28(32)23-10-11-26(33-4)24(14-23)18-34-27-13-20(2)8-9-21(27)3/h5-15,17H,16,18H2,1-4H3,(H,30,32). The van der Waals surface area contributed by atoms with E-state index < -0.39 is 0 Å². The molecule has 0 aliphatic heterocycles. The van der Waals surface area contributed by atoms with Crippen molar-refractivity contribution in [1.29, 1.82) is 0 Å². The highest BCUT2D eigenvalue weighted by atomic mass is 16.5. The number of carbonyl (C=O) groups excluding carboxylic acids is 1. The van der Waals surface area contributed by atoms with Crippen molar-refractivity contribution in [3.63, 3.8) is 0 Å². The van der Waals surface area contributed by atoms with Crippen LogP contribution in [0.15, 0.2) is 73.1 Å². The van der Waals surface area contributed by atoms with Gasteiger partial charge >= 0.3 is 0 Å². The third-order valence-electron chi connectivity index (χ3n) is 5.59. The van der Waals surface area contributed by atoms with Crippen molar-refractivity contribution < 1.29 is 14.3 Å². The Labute approximate surface area is 200 Å². The van der Waals surface area contributed by atoms with Gasteiger partial charge in [-0.2, -0.15) is 5.10 Å². The Morgan fingerprint density at radius 1 is 0.971 bits per heavy atom. The van der Waals surface area contributed by atoms with Gasteiger partial charge in [-0.25, -0.2) is 0 Å². The van der Waals surface area contributed by atoms with Crippen LogP contribution in [0.2, 0.25) is 0 Å². The number of rotatable bonds is 8. The highest BCUT2D eigenvalue weighted by Crippen LogP contribution is 2.25. The number of anilines is 1. The predicted octanol–water partition coefficient (Wildman–Crippen LogP) is 5.70. The van der Waals surface area contributed by atoms with Crippen LogP contribution in [0.25, 0.3) is 0 Å². The van der Waals surface area contributed by atoms with E-state index in [1.165, 1.54) is 5.56 Å². The summed E-state index contributed by atoms with van der Waals surface area (Å²) in [4.78, 5) is 12.9. The van der Waals surface area contributed by atoms with Crippen LogP contribution in [-0.2, 0) is 13.2 Å². The zero-order valence-corrected chi connectivity index (χ0v) is 20.0. The molecule has 1 heterocycles. The van der Waals surface area contributed by atoms with E-state index in [1.807, 2.05) is 42.9 Å². The maximum absolute atomic E-state index is 12.9. The van der Waals surface area contributed by atoms with Gasteiger partial charge in [0.1, 0.15) is 18.1 Å². The molecule has 174 valence electrons. The van der Waals surface area contributed by atoms with Crippen molar-refractivity contribution in [3.05, 3.63) is 106 Å². The van der Waals surface area contributed by atoms with Crippen LogP contribution in [-0.4, -0.2) is 22.8 Å². The van der Waals surface area contributed by atoms with E-state index in [0.29, 0.717) is 30.2 Å². The minimum atomic E-state index is -0.217. The highest BCUT2D eigenvalue weighted by molar-refractivity contribution is 6.04. The molecule has 6 nitrogen and oxygen atoms in total. The summed E-state index contributed by atoms with van der Waals surface area (Å²) in [5, 5.41) is 7.30. The van der Waals surface area contributed by atoms with Crippen LogP contribution < -0.4 is 14.8 Å². The summed E-state index contributed by atoms with van der Waals surface area (Å²) in [6.45, 7) is 7.03. The summed E-state index contributed by atoms with van der Waals surface area (Å²) in [5.74, 6) is 1.27. The summed E-state index contributed by atoms with van der Waals surface area (Å²) in [6.07, 6.45) is 3.48. The number of benzene rings is 3. The lowest BCUT2D eigenvalue weighted by molar-refractivity contribution is 0.102. The second-order valence-corrected chi connectivity index (χ2v) is 8.45. The predicted molar refractivity (Wildman–Crippen MR) is 134 cm³/mol. The third-order valence-corrected chi connectivity index (χ3v) is 5.59. The van der Waals surface area contributed by atoms with E-state index in [9.17, 15) is 4.79 Å². The highest BCUT2D eigenvalue weighted by Gasteiger charge is 2.13. The van der Waals surface area contributed by atoms with E-state index in [-0.39, 0.29) is 5.91 Å². The summed E-state index contributed by atoms with van der Waals surface area (Å²) in [5.41, 5.74) is 6.50. The summed E-state index contributed by atoms with van der Waals surface area (Å²) in [7, 11) is 1.61. The Morgan fingerprint density at radius 3 is 2.59 bits per heavy atom. The number of nitrogens with one attached hydrogen (secondary N) is 1. The second kappa shape index (κ2) is 10.3. The van der Waals surface area contributed by atoms with Crippen molar-refractivity contribution in [2.24, 2.45) is 0 Å². The van der Waals surface area contributed by atoms with Crippen LogP contribution in [0.1, 0.15) is 38.2 Å². The molecule has 6 heteroatoms. The first-order valence-electron chi connectivity index (χ1n) is 11.2. The molecule has 0 saturated heterocycles. The fourth-order valence-electron chi connectivity index (χ4n) is 3.77. The largest absolute Gasteiger partial charge is 0.496 e. The Bertz CT molecular complexity index is 1310. The minimum Gasteiger partial charge on any atom is -0.496 e. The molecular weight excluding hydrogens is 426 g/mol. The van der Waals surface area contributed by atoms with Gasteiger partial charge in [0.05, 0.1) is 25.5 Å². The Kier molecular flexibility index (Phi) is 6.97. The van der Waals surface area contributed by atoms with Gasteiger partial charge in [-0.05, 0) is 61.7 Å². The van der Waals surface area contributed by atoms with Gasteiger partial charge in [0.25, 0.3) is 5.91 Å². The molecule has 0 spiro atoms. The number of hydrogen-bond acceptors (Lipinski definition) is 4. The van der Waals surface area contributed by atoms with E-state index in [4.69, 9.17) is 9.47 Å². The van der Waals surface area contributed by atoms with Gasteiger partial charge in [0.2, 0.25) is 0 Å². The van der Waals surface area contributed by atoms with Crippen LogP contribution >= 0.6 is 0 Å². The lowest BCUT2D eigenvalue weighted by Gasteiger charge is -2.14. The first-order valence-corrected chi connectivity index (χ1v) is 11.2. The molecule has 0 atom stereocenters. The molecule has 0 radical (unpaired) electrons. The molecule has 0 aliphatic carbocycles. The summed E-state index contributed by atoms with van der Waals surface area (Å²) in [6, 6.07) is 19.7.